The average Bonchev–Trinajstić information content (AvgIpc) is 2.36. The number of carbonyl (C=O) groups is 1. The summed E-state index contributed by atoms with van der Waals surface area (Å²) >= 11 is 0. The number of benzene rings is 1. The number of aliphatic carboxylic acids is 1. The molecule has 0 spiro atoms. The maximum Gasteiger partial charge on any atom is 0.320 e. The molecule has 4 nitrogen and oxygen atoms in total. The first-order valence-corrected chi connectivity index (χ1v) is 5.63. The van der Waals surface area contributed by atoms with Crippen molar-refractivity contribution >= 4 is 5.97 Å². The molecular weight excluding hydrogens is 218 g/mol. The molecular formula is C13H19NO3. The maximum atomic E-state index is 10.9. The Labute approximate surface area is 101 Å². The Morgan fingerprint density at radius 3 is 2.24 bits per heavy atom. The van der Waals surface area contributed by atoms with Crippen LogP contribution >= 0.6 is 0 Å². The molecule has 17 heavy (non-hydrogen) atoms. The quantitative estimate of drug-likeness (QED) is 0.815. The molecule has 4 heteroatoms. The van der Waals surface area contributed by atoms with Crippen molar-refractivity contribution in [2.75, 3.05) is 7.05 Å². The van der Waals surface area contributed by atoms with Crippen molar-refractivity contribution in [1.29, 1.82) is 0 Å². The number of carboxylic acid groups (broad SMARTS) is 1. The van der Waals surface area contributed by atoms with Crippen molar-refractivity contribution in [3.63, 3.8) is 0 Å². The Kier molecular flexibility index (Phi) is 4.66. The van der Waals surface area contributed by atoms with Crippen molar-refractivity contribution in [2.24, 2.45) is 0 Å². The molecule has 1 aromatic rings. The van der Waals surface area contributed by atoms with Gasteiger partial charge in [-0.15, -0.1) is 0 Å². The van der Waals surface area contributed by atoms with E-state index in [1.165, 1.54) is 0 Å². The topological polar surface area (TPSA) is 60.8 Å². The van der Waals surface area contributed by atoms with E-state index in [2.05, 4.69) is 0 Å². The third kappa shape index (κ3) is 3.28. The van der Waals surface area contributed by atoms with Gasteiger partial charge in [-0.1, -0.05) is 30.3 Å². The standard InChI is InChI=1S/C13H19NO3/c1-9(14(3)10(2)13(16)17)12(15)11-7-5-4-6-8-11/h4-10,12,15H,1-3H3,(H,16,17)/t9-,10+,12+/m0/s1. The zero-order valence-corrected chi connectivity index (χ0v) is 10.4. The van der Waals surface area contributed by atoms with Gasteiger partial charge in [0.15, 0.2) is 0 Å². The molecule has 0 aromatic heterocycles. The van der Waals surface area contributed by atoms with Crippen LogP contribution in [0.1, 0.15) is 25.5 Å². The van der Waals surface area contributed by atoms with Crippen LogP contribution < -0.4 is 0 Å². The monoisotopic (exact) mass is 237 g/mol. The highest BCUT2D eigenvalue weighted by molar-refractivity contribution is 5.72. The smallest absolute Gasteiger partial charge is 0.320 e. The summed E-state index contributed by atoms with van der Waals surface area (Å²) in [5.74, 6) is -0.889. The second-order valence-electron chi connectivity index (χ2n) is 4.28. The van der Waals surface area contributed by atoms with Gasteiger partial charge in [-0.25, -0.2) is 0 Å². The van der Waals surface area contributed by atoms with Crippen LogP contribution in [0.25, 0.3) is 0 Å². The maximum absolute atomic E-state index is 10.9. The van der Waals surface area contributed by atoms with Crippen molar-refractivity contribution in [1.82, 2.24) is 4.90 Å². The number of nitrogens with zero attached hydrogens (tertiary/aromatic N) is 1. The molecule has 94 valence electrons. The lowest BCUT2D eigenvalue weighted by atomic mass is 10.0. The van der Waals surface area contributed by atoms with Crippen molar-refractivity contribution in [3.8, 4) is 0 Å². The fourth-order valence-corrected chi connectivity index (χ4v) is 1.68. The first-order chi connectivity index (χ1) is 7.95. The summed E-state index contributed by atoms with van der Waals surface area (Å²) in [6.45, 7) is 3.42. The zero-order valence-electron chi connectivity index (χ0n) is 10.4. The van der Waals surface area contributed by atoms with Crippen LogP contribution in [-0.4, -0.2) is 40.2 Å². The molecule has 0 saturated carbocycles. The highest BCUT2D eigenvalue weighted by Gasteiger charge is 2.26. The predicted octanol–water partition coefficient (Wildman–Crippen LogP) is 1.51. The molecule has 1 aromatic carbocycles. The molecule has 0 aliphatic heterocycles. The van der Waals surface area contributed by atoms with E-state index in [1.54, 1.807) is 18.9 Å². The summed E-state index contributed by atoms with van der Waals surface area (Å²) in [4.78, 5) is 12.5. The Bertz CT molecular complexity index is 366. The first-order valence-electron chi connectivity index (χ1n) is 5.63. The number of rotatable bonds is 5. The second-order valence-corrected chi connectivity index (χ2v) is 4.28. The third-order valence-corrected chi connectivity index (χ3v) is 3.21. The van der Waals surface area contributed by atoms with Gasteiger partial charge in [-0.05, 0) is 26.5 Å². The van der Waals surface area contributed by atoms with E-state index in [1.807, 2.05) is 37.3 Å². The van der Waals surface area contributed by atoms with Crippen molar-refractivity contribution in [3.05, 3.63) is 35.9 Å². The van der Waals surface area contributed by atoms with Gasteiger partial charge in [0.1, 0.15) is 6.04 Å². The molecule has 0 saturated heterocycles. The van der Waals surface area contributed by atoms with E-state index in [-0.39, 0.29) is 6.04 Å². The number of aliphatic hydroxyl groups is 1. The molecule has 3 atom stereocenters. The van der Waals surface area contributed by atoms with Gasteiger partial charge in [0.05, 0.1) is 6.10 Å². The highest BCUT2D eigenvalue weighted by atomic mass is 16.4. The Morgan fingerprint density at radius 1 is 1.24 bits per heavy atom. The molecule has 0 amide bonds. The van der Waals surface area contributed by atoms with Gasteiger partial charge in [0, 0.05) is 6.04 Å². The first kappa shape index (κ1) is 13.7. The lowest BCUT2D eigenvalue weighted by Gasteiger charge is -2.31. The van der Waals surface area contributed by atoms with Crippen LogP contribution in [0.4, 0.5) is 0 Å². The minimum Gasteiger partial charge on any atom is -0.480 e. The van der Waals surface area contributed by atoms with E-state index in [9.17, 15) is 9.90 Å². The molecule has 0 fully saturated rings. The number of hydrogen-bond acceptors (Lipinski definition) is 3. The fourth-order valence-electron chi connectivity index (χ4n) is 1.68. The Hall–Kier alpha value is -1.39. The molecule has 0 radical (unpaired) electrons. The van der Waals surface area contributed by atoms with Crippen LogP contribution in [0.5, 0.6) is 0 Å². The lowest BCUT2D eigenvalue weighted by Crippen LogP contribution is -2.44. The SMILES string of the molecule is C[C@H](C(=O)O)N(C)[C@@H](C)[C@@H](O)c1ccccc1. The van der Waals surface area contributed by atoms with Crippen LogP contribution in [-0.2, 0) is 4.79 Å². The van der Waals surface area contributed by atoms with Crippen LogP contribution in [0.3, 0.4) is 0 Å². The number of hydrogen-bond donors (Lipinski definition) is 2. The summed E-state index contributed by atoms with van der Waals surface area (Å²) in [5, 5.41) is 19.1. The molecule has 2 N–H and O–H groups in total. The molecule has 0 heterocycles. The third-order valence-electron chi connectivity index (χ3n) is 3.21. The molecule has 0 aliphatic rings. The van der Waals surface area contributed by atoms with Gasteiger partial charge in [-0.2, -0.15) is 0 Å². The normalized spacial score (nSPS) is 16.5. The Morgan fingerprint density at radius 2 is 1.76 bits per heavy atom. The number of likely N-dealkylation sites (N-methyl/N-ethyl adjacent to an activating group) is 1. The summed E-state index contributed by atoms with van der Waals surface area (Å²) < 4.78 is 0. The molecule has 0 unspecified atom stereocenters. The van der Waals surface area contributed by atoms with E-state index in [0.717, 1.165) is 5.56 Å². The minimum atomic E-state index is -0.889. The average molecular weight is 237 g/mol. The summed E-state index contributed by atoms with van der Waals surface area (Å²) in [7, 11) is 1.70. The van der Waals surface area contributed by atoms with Crippen LogP contribution in [0.2, 0.25) is 0 Å². The molecule has 1 rings (SSSR count). The fraction of sp³-hybridized carbons (Fsp3) is 0.462. The minimum absolute atomic E-state index is 0.261. The van der Waals surface area contributed by atoms with Gasteiger partial charge >= 0.3 is 5.97 Å². The largest absolute Gasteiger partial charge is 0.480 e. The lowest BCUT2D eigenvalue weighted by molar-refractivity contribution is -0.143. The highest BCUT2D eigenvalue weighted by Crippen LogP contribution is 2.21. The van der Waals surface area contributed by atoms with E-state index in [4.69, 9.17) is 5.11 Å². The van der Waals surface area contributed by atoms with E-state index < -0.39 is 18.1 Å². The molecule has 0 bridgehead atoms. The van der Waals surface area contributed by atoms with E-state index >= 15 is 0 Å². The van der Waals surface area contributed by atoms with Crippen molar-refractivity contribution in [2.45, 2.75) is 32.0 Å². The summed E-state index contributed by atoms with van der Waals surface area (Å²) in [6, 6.07) is 8.37. The number of aliphatic hydroxyl groups excluding tert-OH is 1. The van der Waals surface area contributed by atoms with Crippen LogP contribution in [0, 0.1) is 0 Å². The predicted molar refractivity (Wildman–Crippen MR) is 65.7 cm³/mol. The summed E-state index contributed by atoms with van der Waals surface area (Å²) in [5.41, 5.74) is 0.796. The molecule has 0 aliphatic carbocycles. The zero-order chi connectivity index (χ0) is 13.0. The van der Waals surface area contributed by atoms with Gasteiger partial charge in [-0.3, -0.25) is 9.69 Å². The van der Waals surface area contributed by atoms with E-state index in [0.29, 0.717) is 0 Å². The summed E-state index contributed by atoms with van der Waals surface area (Å²) in [6.07, 6.45) is -0.692. The second kappa shape index (κ2) is 5.80. The number of carboxylic acids is 1. The van der Waals surface area contributed by atoms with Crippen molar-refractivity contribution < 1.29 is 15.0 Å². The van der Waals surface area contributed by atoms with Gasteiger partial charge < -0.3 is 10.2 Å². The van der Waals surface area contributed by atoms with Gasteiger partial charge in [0.2, 0.25) is 0 Å². The van der Waals surface area contributed by atoms with Gasteiger partial charge in [0.25, 0.3) is 0 Å². The Balaban J connectivity index is 2.76. The van der Waals surface area contributed by atoms with Crippen LogP contribution in [0.15, 0.2) is 30.3 Å².